The maximum atomic E-state index is 12.3. The predicted octanol–water partition coefficient (Wildman–Crippen LogP) is 5.23. The van der Waals surface area contributed by atoms with E-state index in [9.17, 15) is 4.79 Å². The molecule has 1 N–H and O–H groups in total. The normalized spacial score (nSPS) is 11.1. The van der Waals surface area contributed by atoms with Crippen molar-refractivity contribution in [1.29, 1.82) is 0 Å². The topological polar surface area (TPSA) is 46.9 Å². The lowest BCUT2D eigenvalue weighted by Crippen LogP contribution is -2.22. The zero-order chi connectivity index (χ0) is 17.9. The Morgan fingerprint density at radius 2 is 1.88 bits per heavy atom. The van der Waals surface area contributed by atoms with Crippen LogP contribution in [0.15, 0.2) is 18.2 Å². The summed E-state index contributed by atoms with van der Waals surface area (Å²) in [6.07, 6.45) is 1.66. The summed E-state index contributed by atoms with van der Waals surface area (Å²) >= 11 is 12.0. The average molecular weight is 368 g/mol. The highest BCUT2D eigenvalue weighted by Crippen LogP contribution is 2.25. The van der Waals surface area contributed by atoms with Gasteiger partial charge in [0, 0.05) is 5.92 Å². The molecule has 1 amide bonds. The van der Waals surface area contributed by atoms with E-state index in [1.165, 1.54) is 0 Å². The number of amides is 1. The van der Waals surface area contributed by atoms with Crippen molar-refractivity contribution in [2.24, 2.45) is 5.92 Å². The van der Waals surface area contributed by atoms with Gasteiger partial charge in [-0.25, -0.2) is 0 Å². The number of rotatable bonds is 6. The molecule has 6 heteroatoms. The molecule has 0 unspecified atom stereocenters. The van der Waals surface area contributed by atoms with Crippen LogP contribution in [0.4, 0.5) is 5.69 Å². The highest BCUT2D eigenvalue weighted by atomic mass is 35.5. The molecule has 0 bridgehead atoms. The van der Waals surface area contributed by atoms with E-state index in [4.69, 9.17) is 23.2 Å². The minimum absolute atomic E-state index is 0.0298. The molecule has 2 aromatic rings. The third-order valence-electron chi connectivity index (χ3n) is 4.30. The maximum Gasteiger partial charge on any atom is 0.227 e. The molecule has 0 radical (unpaired) electrons. The number of hydrogen-bond acceptors (Lipinski definition) is 2. The Bertz CT molecular complexity index is 736. The summed E-state index contributed by atoms with van der Waals surface area (Å²) in [6.45, 7) is 8.49. The fourth-order valence-corrected chi connectivity index (χ4v) is 3.05. The van der Waals surface area contributed by atoms with Crippen LogP contribution in [0, 0.1) is 19.8 Å². The van der Waals surface area contributed by atoms with Crippen molar-refractivity contribution in [2.75, 3.05) is 5.32 Å². The number of nitrogens with zero attached hydrogens (tertiary/aromatic N) is 2. The van der Waals surface area contributed by atoms with Crippen molar-refractivity contribution >= 4 is 34.8 Å². The van der Waals surface area contributed by atoms with Gasteiger partial charge in [-0.3, -0.25) is 9.48 Å². The first-order valence-electron chi connectivity index (χ1n) is 8.16. The van der Waals surface area contributed by atoms with E-state index < -0.39 is 0 Å². The van der Waals surface area contributed by atoms with E-state index in [2.05, 4.69) is 10.4 Å². The molecular weight excluding hydrogens is 345 g/mol. The molecule has 0 aliphatic carbocycles. The van der Waals surface area contributed by atoms with Crippen LogP contribution in [0.3, 0.4) is 0 Å². The van der Waals surface area contributed by atoms with Gasteiger partial charge < -0.3 is 5.32 Å². The van der Waals surface area contributed by atoms with Gasteiger partial charge in [-0.1, -0.05) is 43.1 Å². The summed E-state index contributed by atoms with van der Waals surface area (Å²) in [5.41, 5.74) is 3.55. The SMILES string of the molecule is CCC(CC)C(=O)Nc1c(C)nn(Cc2ccc(Cl)c(Cl)c2)c1C. The second-order valence-electron chi connectivity index (χ2n) is 5.95. The van der Waals surface area contributed by atoms with Gasteiger partial charge >= 0.3 is 0 Å². The fraction of sp³-hybridized carbons (Fsp3) is 0.444. The molecule has 0 atom stereocenters. The molecule has 130 valence electrons. The molecule has 0 saturated heterocycles. The van der Waals surface area contributed by atoms with E-state index in [1.54, 1.807) is 6.07 Å². The number of nitrogens with one attached hydrogen (secondary N) is 1. The van der Waals surface area contributed by atoms with Crippen molar-refractivity contribution in [1.82, 2.24) is 9.78 Å². The quantitative estimate of drug-likeness (QED) is 0.759. The molecule has 24 heavy (non-hydrogen) atoms. The van der Waals surface area contributed by atoms with Gasteiger partial charge in [0.15, 0.2) is 0 Å². The molecule has 1 aromatic carbocycles. The first-order valence-corrected chi connectivity index (χ1v) is 8.91. The Hall–Kier alpha value is -1.52. The lowest BCUT2D eigenvalue weighted by molar-refractivity contribution is -0.120. The lowest BCUT2D eigenvalue weighted by atomic mass is 10.0. The van der Waals surface area contributed by atoms with Crippen LogP contribution in [0.25, 0.3) is 0 Å². The molecule has 2 rings (SSSR count). The largest absolute Gasteiger partial charge is 0.323 e. The fourth-order valence-electron chi connectivity index (χ4n) is 2.73. The zero-order valence-corrected chi connectivity index (χ0v) is 16.0. The van der Waals surface area contributed by atoms with Gasteiger partial charge in [0.2, 0.25) is 5.91 Å². The van der Waals surface area contributed by atoms with Crippen LogP contribution in [-0.4, -0.2) is 15.7 Å². The third-order valence-corrected chi connectivity index (χ3v) is 5.04. The molecule has 0 spiro atoms. The van der Waals surface area contributed by atoms with Crippen LogP contribution in [0.2, 0.25) is 10.0 Å². The molecule has 0 saturated carbocycles. The molecule has 0 aliphatic heterocycles. The smallest absolute Gasteiger partial charge is 0.227 e. The maximum absolute atomic E-state index is 12.3. The monoisotopic (exact) mass is 367 g/mol. The lowest BCUT2D eigenvalue weighted by Gasteiger charge is -2.13. The zero-order valence-electron chi connectivity index (χ0n) is 14.5. The Kier molecular flexibility index (Phi) is 6.30. The van der Waals surface area contributed by atoms with Crippen molar-refractivity contribution in [3.63, 3.8) is 0 Å². The number of aryl methyl sites for hydroxylation is 1. The number of carbonyl (C=O) groups is 1. The first kappa shape index (κ1) is 18.8. The van der Waals surface area contributed by atoms with E-state index in [1.807, 2.05) is 44.5 Å². The van der Waals surface area contributed by atoms with Gasteiger partial charge in [-0.2, -0.15) is 5.10 Å². The molecule has 4 nitrogen and oxygen atoms in total. The third kappa shape index (κ3) is 4.11. The number of aromatic nitrogens is 2. The van der Waals surface area contributed by atoms with E-state index in [-0.39, 0.29) is 11.8 Å². The van der Waals surface area contributed by atoms with Gasteiger partial charge in [-0.15, -0.1) is 0 Å². The van der Waals surface area contributed by atoms with Crippen molar-refractivity contribution in [3.8, 4) is 0 Å². The molecule has 0 fully saturated rings. The average Bonchev–Trinajstić information content (AvgIpc) is 2.80. The summed E-state index contributed by atoms with van der Waals surface area (Å²) < 4.78 is 1.87. The standard InChI is InChI=1S/C18H23Cl2N3O/c1-5-14(6-2)18(24)21-17-11(3)22-23(12(17)4)10-13-7-8-15(19)16(20)9-13/h7-9,14H,5-6,10H2,1-4H3,(H,21,24). The second kappa shape index (κ2) is 8.04. The number of anilines is 1. The minimum atomic E-state index is 0.0298. The second-order valence-corrected chi connectivity index (χ2v) is 6.77. The number of carbonyl (C=O) groups excluding carboxylic acids is 1. The van der Waals surface area contributed by atoms with Gasteiger partial charge in [0.05, 0.1) is 33.7 Å². The van der Waals surface area contributed by atoms with Crippen molar-refractivity contribution < 1.29 is 4.79 Å². The highest BCUT2D eigenvalue weighted by molar-refractivity contribution is 6.42. The van der Waals surface area contributed by atoms with Crippen LogP contribution >= 0.6 is 23.2 Å². The van der Waals surface area contributed by atoms with Crippen LogP contribution in [0.5, 0.6) is 0 Å². The Balaban J connectivity index is 2.22. The van der Waals surface area contributed by atoms with Crippen molar-refractivity contribution in [3.05, 3.63) is 45.2 Å². The Morgan fingerprint density at radius 3 is 2.46 bits per heavy atom. The van der Waals surface area contributed by atoms with Gasteiger partial charge in [0.1, 0.15) is 0 Å². The van der Waals surface area contributed by atoms with Crippen LogP contribution in [-0.2, 0) is 11.3 Å². The molecule has 0 aliphatic rings. The summed E-state index contributed by atoms with van der Waals surface area (Å²) in [5, 5.41) is 8.65. The molecular formula is C18H23Cl2N3O. The van der Waals surface area contributed by atoms with E-state index in [0.29, 0.717) is 16.6 Å². The van der Waals surface area contributed by atoms with Gasteiger partial charge in [0.25, 0.3) is 0 Å². The molecule has 1 aromatic heterocycles. The first-order chi connectivity index (χ1) is 11.4. The van der Waals surface area contributed by atoms with Gasteiger partial charge in [-0.05, 0) is 44.4 Å². The number of benzene rings is 1. The predicted molar refractivity (Wildman–Crippen MR) is 100.0 cm³/mol. The summed E-state index contributed by atoms with van der Waals surface area (Å²) in [6, 6.07) is 5.54. The summed E-state index contributed by atoms with van der Waals surface area (Å²) in [5.74, 6) is 0.0857. The Labute approximate surface area is 153 Å². The number of hydrogen-bond donors (Lipinski definition) is 1. The van der Waals surface area contributed by atoms with Crippen LogP contribution < -0.4 is 5.32 Å². The Morgan fingerprint density at radius 1 is 1.21 bits per heavy atom. The molecule has 1 heterocycles. The van der Waals surface area contributed by atoms with Crippen LogP contribution in [0.1, 0.15) is 43.6 Å². The van der Waals surface area contributed by atoms with E-state index in [0.717, 1.165) is 35.5 Å². The highest BCUT2D eigenvalue weighted by Gasteiger charge is 2.19. The van der Waals surface area contributed by atoms with Crippen molar-refractivity contribution in [2.45, 2.75) is 47.1 Å². The summed E-state index contributed by atoms with van der Waals surface area (Å²) in [4.78, 5) is 12.3. The van der Waals surface area contributed by atoms with E-state index >= 15 is 0 Å². The minimum Gasteiger partial charge on any atom is -0.323 e. The summed E-state index contributed by atoms with van der Waals surface area (Å²) in [7, 11) is 0. The number of halogens is 2.